The molecule has 0 saturated carbocycles. The molecule has 0 aromatic carbocycles. The molecule has 2 aromatic heterocycles. The first-order chi connectivity index (χ1) is 9.19. The summed E-state index contributed by atoms with van der Waals surface area (Å²) in [5.41, 5.74) is 6.37. The number of hydrogen-bond acceptors (Lipinski definition) is 6. The van der Waals surface area contributed by atoms with Crippen molar-refractivity contribution >= 4 is 33.1 Å². The van der Waals surface area contributed by atoms with Crippen molar-refractivity contribution in [3.8, 4) is 0 Å². The summed E-state index contributed by atoms with van der Waals surface area (Å²) < 4.78 is 0. The summed E-state index contributed by atoms with van der Waals surface area (Å²) in [5, 5.41) is 18.7. The molecule has 6 nitrogen and oxygen atoms in total. The number of thiophene rings is 1. The molecule has 0 aliphatic heterocycles. The maximum atomic E-state index is 12.3. The minimum Gasteiger partial charge on any atom is -0.397 e. The number of nitrogen functional groups attached to an aromatic ring is 1. The van der Waals surface area contributed by atoms with Gasteiger partial charge in [-0.3, -0.25) is 4.79 Å². The van der Waals surface area contributed by atoms with Crippen LogP contribution in [0.5, 0.6) is 0 Å². The second-order valence-corrected chi connectivity index (χ2v) is 4.94. The van der Waals surface area contributed by atoms with Gasteiger partial charge in [-0.1, -0.05) is 0 Å². The SMILES string of the molecule is Nc1c(C(=O)N(CCO)CCO)sc2ncccc12. The van der Waals surface area contributed by atoms with Crippen molar-refractivity contribution in [3.63, 3.8) is 0 Å². The number of anilines is 1. The molecule has 1 amide bonds. The maximum absolute atomic E-state index is 12.3. The van der Waals surface area contributed by atoms with Gasteiger partial charge in [-0.25, -0.2) is 4.98 Å². The minimum absolute atomic E-state index is 0.158. The zero-order chi connectivity index (χ0) is 13.8. The molecule has 4 N–H and O–H groups in total. The van der Waals surface area contributed by atoms with Gasteiger partial charge in [0.25, 0.3) is 5.91 Å². The van der Waals surface area contributed by atoms with Gasteiger partial charge >= 0.3 is 0 Å². The molecule has 0 spiro atoms. The molecule has 0 saturated heterocycles. The molecule has 0 atom stereocenters. The van der Waals surface area contributed by atoms with Crippen LogP contribution in [0.2, 0.25) is 0 Å². The van der Waals surface area contributed by atoms with Gasteiger partial charge in [-0.2, -0.15) is 0 Å². The van der Waals surface area contributed by atoms with Crippen molar-refractivity contribution in [2.24, 2.45) is 0 Å². The van der Waals surface area contributed by atoms with E-state index in [0.717, 1.165) is 5.39 Å². The lowest BCUT2D eigenvalue weighted by Gasteiger charge is -2.19. The zero-order valence-electron chi connectivity index (χ0n) is 10.2. The van der Waals surface area contributed by atoms with E-state index in [4.69, 9.17) is 15.9 Å². The fraction of sp³-hybridized carbons (Fsp3) is 0.333. The van der Waals surface area contributed by atoms with Crippen LogP contribution in [0, 0.1) is 0 Å². The van der Waals surface area contributed by atoms with Crippen LogP contribution in [0.15, 0.2) is 18.3 Å². The molecular weight excluding hydrogens is 266 g/mol. The monoisotopic (exact) mass is 281 g/mol. The molecule has 2 aromatic rings. The minimum atomic E-state index is -0.288. The first-order valence-electron chi connectivity index (χ1n) is 5.83. The van der Waals surface area contributed by atoms with E-state index in [1.54, 1.807) is 12.3 Å². The Kier molecular flexibility index (Phi) is 4.31. The number of nitrogens with two attached hydrogens (primary N) is 1. The Morgan fingerprint density at radius 1 is 1.37 bits per heavy atom. The standard InChI is InChI=1S/C12H15N3O3S/c13-9-8-2-1-3-14-11(8)19-10(9)12(18)15(4-6-16)5-7-17/h1-3,16-17H,4-7,13H2. The molecule has 0 fully saturated rings. The molecule has 0 radical (unpaired) electrons. The Bertz CT molecular complexity index is 579. The lowest BCUT2D eigenvalue weighted by molar-refractivity contribution is 0.0690. The van der Waals surface area contributed by atoms with Crippen LogP contribution in [0.1, 0.15) is 9.67 Å². The van der Waals surface area contributed by atoms with Crippen LogP contribution in [0.25, 0.3) is 10.2 Å². The lowest BCUT2D eigenvalue weighted by Crippen LogP contribution is -2.35. The second-order valence-electron chi connectivity index (χ2n) is 3.94. The summed E-state index contributed by atoms with van der Waals surface area (Å²) in [6.07, 6.45) is 1.64. The third kappa shape index (κ3) is 2.67. The van der Waals surface area contributed by atoms with Gasteiger partial charge < -0.3 is 20.8 Å². The molecule has 102 valence electrons. The van der Waals surface area contributed by atoms with E-state index in [-0.39, 0.29) is 32.2 Å². The highest BCUT2D eigenvalue weighted by molar-refractivity contribution is 7.21. The summed E-state index contributed by atoms with van der Waals surface area (Å²) in [4.78, 5) is 19.0. The highest BCUT2D eigenvalue weighted by atomic mass is 32.1. The Morgan fingerprint density at radius 2 is 2.05 bits per heavy atom. The van der Waals surface area contributed by atoms with Gasteiger partial charge in [0.2, 0.25) is 0 Å². The van der Waals surface area contributed by atoms with Crippen LogP contribution in [-0.4, -0.2) is 52.3 Å². The van der Waals surface area contributed by atoms with Gasteiger partial charge in [0.05, 0.1) is 18.9 Å². The largest absolute Gasteiger partial charge is 0.397 e. The fourth-order valence-electron chi connectivity index (χ4n) is 1.81. The third-order valence-corrected chi connectivity index (χ3v) is 3.84. The van der Waals surface area contributed by atoms with E-state index >= 15 is 0 Å². The molecule has 0 aliphatic rings. The normalized spacial score (nSPS) is 10.8. The highest BCUT2D eigenvalue weighted by Crippen LogP contribution is 2.32. The summed E-state index contributed by atoms with van der Waals surface area (Å²) in [5.74, 6) is -0.288. The van der Waals surface area contributed by atoms with Gasteiger partial charge in [-0.05, 0) is 12.1 Å². The number of carbonyl (C=O) groups excluding carboxylic acids is 1. The number of fused-ring (bicyclic) bond motifs is 1. The van der Waals surface area contributed by atoms with Gasteiger partial charge in [-0.15, -0.1) is 11.3 Å². The van der Waals surface area contributed by atoms with Crippen LogP contribution < -0.4 is 5.73 Å². The fourth-order valence-corrected chi connectivity index (χ4v) is 2.84. The Hall–Kier alpha value is -1.70. The summed E-state index contributed by atoms with van der Waals surface area (Å²) in [7, 11) is 0. The van der Waals surface area contributed by atoms with E-state index < -0.39 is 0 Å². The van der Waals surface area contributed by atoms with E-state index in [1.165, 1.54) is 16.2 Å². The molecule has 19 heavy (non-hydrogen) atoms. The predicted molar refractivity (Wildman–Crippen MR) is 74.1 cm³/mol. The molecule has 2 rings (SSSR count). The predicted octanol–water partition coefficient (Wildman–Crippen LogP) is 0.305. The Morgan fingerprint density at radius 3 is 2.63 bits per heavy atom. The van der Waals surface area contributed by atoms with Crippen LogP contribution in [-0.2, 0) is 0 Å². The van der Waals surface area contributed by atoms with Gasteiger partial charge in [0.1, 0.15) is 9.71 Å². The average Bonchev–Trinajstić information content (AvgIpc) is 2.76. The van der Waals surface area contributed by atoms with Crippen molar-refractivity contribution < 1.29 is 15.0 Å². The molecule has 7 heteroatoms. The lowest BCUT2D eigenvalue weighted by atomic mass is 10.2. The summed E-state index contributed by atoms with van der Waals surface area (Å²) in [6, 6.07) is 3.58. The van der Waals surface area contributed by atoms with E-state index in [1.807, 2.05) is 6.07 Å². The summed E-state index contributed by atoms with van der Waals surface area (Å²) >= 11 is 1.22. The number of aromatic nitrogens is 1. The molecule has 0 aliphatic carbocycles. The number of pyridine rings is 1. The van der Waals surface area contributed by atoms with Crippen molar-refractivity contribution in [1.29, 1.82) is 0 Å². The number of hydrogen-bond donors (Lipinski definition) is 3. The van der Waals surface area contributed by atoms with Crippen LogP contribution in [0.3, 0.4) is 0 Å². The molecular formula is C12H15N3O3S. The molecule has 2 heterocycles. The van der Waals surface area contributed by atoms with Gasteiger partial charge in [0, 0.05) is 24.7 Å². The Balaban J connectivity index is 2.37. The van der Waals surface area contributed by atoms with E-state index in [2.05, 4.69) is 4.98 Å². The van der Waals surface area contributed by atoms with Gasteiger partial charge in [0.15, 0.2) is 0 Å². The maximum Gasteiger partial charge on any atom is 0.266 e. The van der Waals surface area contributed by atoms with E-state index in [0.29, 0.717) is 15.4 Å². The molecule has 0 bridgehead atoms. The Labute approximate surface area is 114 Å². The highest BCUT2D eigenvalue weighted by Gasteiger charge is 2.21. The van der Waals surface area contributed by atoms with Crippen molar-refractivity contribution in [2.45, 2.75) is 0 Å². The number of aliphatic hydroxyl groups is 2. The first-order valence-corrected chi connectivity index (χ1v) is 6.64. The van der Waals surface area contributed by atoms with Crippen LogP contribution in [0.4, 0.5) is 5.69 Å². The average molecular weight is 281 g/mol. The second kappa shape index (κ2) is 5.96. The first kappa shape index (κ1) is 13.7. The summed E-state index contributed by atoms with van der Waals surface area (Å²) in [6.45, 7) is 0.0184. The van der Waals surface area contributed by atoms with Crippen molar-refractivity contribution in [3.05, 3.63) is 23.2 Å². The topological polar surface area (TPSA) is 99.7 Å². The smallest absolute Gasteiger partial charge is 0.266 e. The van der Waals surface area contributed by atoms with Crippen molar-refractivity contribution in [1.82, 2.24) is 9.88 Å². The van der Waals surface area contributed by atoms with Crippen LogP contribution >= 0.6 is 11.3 Å². The molecule has 0 unspecified atom stereocenters. The van der Waals surface area contributed by atoms with E-state index in [9.17, 15) is 4.79 Å². The number of nitrogens with zero attached hydrogens (tertiary/aromatic N) is 2. The number of amides is 1. The van der Waals surface area contributed by atoms with Crippen molar-refractivity contribution in [2.75, 3.05) is 32.0 Å². The number of rotatable bonds is 5. The quantitative estimate of drug-likeness (QED) is 0.732. The zero-order valence-corrected chi connectivity index (χ0v) is 11.1. The number of aliphatic hydroxyl groups excluding tert-OH is 2. The number of carbonyl (C=O) groups is 1. The third-order valence-electron chi connectivity index (χ3n) is 2.73.